The first kappa shape index (κ1) is 12.8. The molecule has 0 amide bonds. The van der Waals surface area contributed by atoms with Crippen LogP contribution >= 0.6 is 0 Å². The Balaban J connectivity index is 1.57. The highest BCUT2D eigenvalue weighted by Crippen LogP contribution is 2.40. The maximum absolute atomic E-state index is 6.28. The molecule has 0 saturated carbocycles. The van der Waals surface area contributed by atoms with Crippen LogP contribution in [0.25, 0.3) is 0 Å². The van der Waals surface area contributed by atoms with Crippen molar-refractivity contribution in [2.24, 2.45) is 5.73 Å². The summed E-state index contributed by atoms with van der Waals surface area (Å²) in [6.45, 7) is 5.56. The standard InChI is InChI=1S/C17H25N3/c18-13-17(7-9-19-8-3-6-16(19)10-17)20-11-14-4-1-2-5-15(14)12-20/h1-2,4-5,16H,3,6-13,18H2. The number of piperidine rings is 1. The number of rotatable bonds is 2. The van der Waals surface area contributed by atoms with Crippen LogP contribution in [0.3, 0.4) is 0 Å². The van der Waals surface area contributed by atoms with Gasteiger partial charge in [0.05, 0.1) is 0 Å². The minimum Gasteiger partial charge on any atom is -0.329 e. The molecule has 2 fully saturated rings. The van der Waals surface area contributed by atoms with Gasteiger partial charge in [-0.3, -0.25) is 4.90 Å². The predicted octanol–water partition coefficient (Wildman–Crippen LogP) is 1.96. The molecule has 1 aromatic rings. The number of hydrogen-bond donors (Lipinski definition) is 1. The SMILES string of the molecule is NCC1(N2Cc3ccccc3C2)CCN2CCCC2C1. The lowest BCUT2D eigenvalue weighted by Gasteiger charge is -2.49. The highest BCUT2D eigenvalue weighted by Gasteiger charge is 2.45. The number of hydrogen-bond acceptors (Lipinski definition) is 3. The Morgan fingerprint density at radius 2 is 1.90 bits per heavy atom. The van der Waals surface area contributed by atoms with Gasteiger partial charge >= 0.3 is 0 Å². The van der Waals surface area contributed by atoms with Crippen LogP contribution in [-0.2, 0) is 13.1 Å². The molecule has 0 aliphatic carbocycles. The van der Waals surface area contributed by atoms with Gasteiger partial charge < -0.3 is 10.6 Å². The van der Waals surface area contributed by atoms with E-state index in [4.69, 9.17) is 5.73 Å². The van der Waals surface area contributed by atoms with Gasteiger partial charge in [0.2, 0.25) is 0 Å². The van der Waals surface area contributed by atoms with Gasteiger partial charge in [-0.05, 0) is 43.4 Å². The van der Waals surface area contributed by atoms with E-state index in [1.165, 1.54) is 49.9 Å². The van der Waals surface area contributed by atoms with Crippen molar-refractivity contribution in [1.82, 2.24) is 9.80 Å². The summed E-state index contributed by atoms with van der Waals surface area (Å²) in [4.78, 5) is 5.37. The maximum atomic E-state index is 6.28. The Kier molecular flexibility index (Phi) is 3.09. The lowest BCUT2D eigenvalue weighted by atomic mass is 9.81. The van der Waals surface area contributed by atoms with E-state index in [1.807, 2.05) is 0 Å². The van der Waals surface area contributed by atoms with Gasteiger partial charge in [-0.25, -0.2) is 0 Å². The molecule has 2 saturated heterocycles. The molecule has 2 N–H and O–H groups in total. The van der Waals surface area contributed by atoms with E-state index < -0.39 is 0 Å². The monoisotopic (exact) mass is 271 g/mol. The first-order valence-corrected chi connectivity index (χ1v) is 8.07. The molecule has 108 valence electrons. The molecule has 3 aliphatic heterocycles. The van der Waals surface area contributed by atoms with Crippen molar-refractivity contribution in [2.75, 3.05) is 19.6 Å². The van der Waals surface area contributed by atoms with Crippen LogP contribution in [0, 0.1) is 0 Å². The van der Waals surface area contributed by atoms with Crippen LogP contribution in [0.15, 0.2) is 24.3 Å². The van der Waals surface area contributed by atoms with E-state index in [9.17, 15) is 0 Å². The van der Waals surface area contributed by atoms with Crippen LogP contribution in [0.2, 0.25) is 0 Å². The Bertz CT molecular complexity index is 476. The van der Waals surface area contributed by atoms with Crippen LogP contribution < -0.4 is 5.73 Å². The highest BCUT2D eigenvalue weighted by atomic mass is 15.3. The lowest BCUT2D eigenvalue weighted by molar-refractivity contribution is 0.00721. The third kappa shape index (κ3) is 1.92. The number of fused-ring (bicyclic) bond motifs is 2. The summed E-state index contributed by atoms with van der Waals surface area (Å²) in [5.41, 5.74) is 9.53. The topological polar surface area (TPSA) is 32.5 Å². The summed E-state index contributed by atoms with van der Waals surface area (Å²) in [5.74, 6) is 0. The van der Waals surface area contributed by atoms with Crippen LogP contribution in [0.5, 0.6) is 0 Å². The summed E-state index contributed by atoms with van der Waals surface area (Å²) in [7, 11) is 0. The minimum absolute atomic E-state index is 0.241. The molecule has 2 atom stereocenters. The van der Waals surface area contributed by atoms with E-state index in [0.29, 0.717) is 0 Å². The van der Waals surface area contributed by atoms with Gasteiger partial charge in [0, 0.05) is 37.8 Å². The third-order valence-electron chi connectivity index (χ3n) is 5.87. The normalized spacial score (nSPS) is 34.1. The Labute approximate surface area is 121 Å². The average molecular weight is 271 g/mol. The zero-order valence-electron chi connectivity index (χ0n) is 12.2. The lowest BCUT2D eigenvalue weighted by Crippen LogP contribution is -2.59. The predicted molar refractivity (Wildman–Crippen MR) is 81.3 cm³/mol. The molecule has 0 spiro atoms. The zero-order valence-corrected chi connectivity index (χ0v) is 12.2. The van der Waals surface area contributed by atoms with E-state index in [1.54, 1.807) is 0 Å². The Morgan fingerprint density at radius 1 is 1.15 bits per heavy atom. The molecule has 1 aromatic carbocycles. The fraction of sp³-hybridized carbons (Fsp3) is 0.647. The van der Waals surface area contributed by atoms with Gasteiger partial charge in [0.25, 0.3) is 0 Å². The fourth-order valence-electron chi connectivity index (χ4n) is 4.58. The van der Waals surface area contributed by atoms with Crippen LogP contribution in [-0.4, -0.2) is 41.0 Å². The molecule has 0 aromatic heterocycles. The fourth-order valence-corrected chi connectivity index (χ4v) is 4.58. The second-order valence-electron chi connectivity index (χ2n) is 6.84. The van der Waals surface area contributed by atoms with E-state index in [2.05, 4.69) is 34.1 Å². The quantitative estimate of drug-likeness (QED) is 0.892. The van der Waals surface area contributed by atoms with E-state index in [-0.39, 0.29) is 5.54 Å². The molecule has 3 heteroatoms. The van der Waals surface area contributed by atoms with Gasteiger partial charge in [0.1, 0.15) is 0 Å². The molecule has 0 bridgehead atoms. The number of benzene rings is 1. The van der Waals surface area contributed by atoms with Gasteiger partial charge in [0.15, 0.2) is 0 Å². The maximum Gasteiger partial charge on any atom is 0.0365 e. The van der Waals surface area contributed by atoms with E-state index in [0.717, 1.165) is 25.7 Å². The third-order valence-corrected chi connectivity index (χ3v) is 5.87. The van der Waals surface area contributed by atoms with Crippen molar-refractivity contribution in [1.29, 1.82) is 0 Å². The number of nitrogens with two attached hydrogens (primary N) is 1. The minimum atomic E-state index is 0.241. The summed E-state index contributed by atoms with van der Waals surface area (Å²) in [5, 5.41) is 0. The molecular weight excluding hydrogens is 246 g/mol. The summed E-state index contributed by atoms with van der Waals surface area (Å²) in [6, 6.07) is 9.68. The van der Waals surface area contributed by atoms with Crippen LogP contribution in [0.4, 0.5) is 0 Å². The Hall–Kier alpha value is -0.900. The first-order valence-electron chi connectivity index (χ1n) is 8.07. The average Bonchev–Trinajstić information content (AvgIpc) is 3.12. The molecule has 3 nitrogen and oxygen atoms in total. The van der Waals surface area contributed by atoms with Gasteiger partial charge in [-0.2, -0.15) is 0 Å². The molecule has 3 aliphatic rings. The molecular formula is C17H25N3. The second kappa shape index (κ2) is 4.83. The van der Waals surface area contributed by atoms with Crippen molar-refractivity contribution >= 4 is 0 Å². The second-order valence-corrected chi connectivity index (χ2v) is 6.84. The van der Waals surface area contributed by atoms with Crippen molar-refractivity contribution < 1.29 is 0 Å². The van der Waals surface area contributed by atoms with Crippen molar-refractivity contribution in [3.8, 4) is 0 Å². The largest absolute Gasteiger partial charge is 0.329 e. The van der Waals surface area contributed by atoms with Crippen LogP contribution in [0.1, 0.15) is 36.8 Å². The molecule has 2 unspecified atom stereocenters. The molecule has 0 radical (unpaired) electrons. The zero-order chi connectivity index (χ0) is 13.6. The van der Waals surface area contributed by atoms with Gasteiger partial charge in [-0.1, -0.05) is 24.3 Å². The summed E-state index contributed by atoms with van der Waals surface area (Å²) in [6.07, 6.45) is 5.28. The van der Waals surface area contributed by atoms with Crippen molar-refractivity contribution in [3.05, 3.63) is 35.4 Å². The van der Waals surface area contributed by atoms with Gasteiger partial charge in [-0.15, -0.1) is 0 Å². The molecule has 4 rings (SSSR count). The van der Waals surface area contributed by atoms with Crippen molar-refractivity contribution in [3.63, 3.8) is 0 Å². The number of nitrogens with zero attached hydrogens (tertiary/aromatic N) is 2. The molecule has 20 heavy (non-hydrogen) atoms. The highest BCUT2D eigenvalue weighted by molar-refractivity contribution is 5.31. The van der Waals surface area contributed by atoms with E-state index >= 15 is 0 Å². The molecule has 3 heterocycles. The first-order chi connectivity index (χ1) is 9.81. The summed E-state index contributed by atoms with van der Waals surface area (Å²) < 4.78 is 0. The Morgan fingerprint density at radius 3 is 2.60 bits per heavy atom. The smallest absolute Gasteiger partial charge is 0.0365 e. The van der Waals surface area contributed by atoms with Crippen molar-refractivity contribution in [2.45, 2.75) is 50.4 Å². The summed E-state index contributed by atoms with van der Waals surface area (Å²) >= 11 is 0.